The Morgan fingerprint density at radius 1 is 0.864 bits per heavy atom. The monoisotopic (exact) mass is 314 g/mol. The normalized spacial score (nSPS) is 10.2. The number of carboxylic acid groups (broad SMARTS) is 1. The Labute approximate surface area is 158 Å². The van der Waals surface area contributed by atoms with Gasteiger partial charge in [-0.25, -0.2) is 4.79 Å². The van der Waals surface area contributed by atoms with Crippen molar-refractivity contribution in [2.45, 2.75) is 77.6 Å². The van der Waals surface area contributed by atoms with Gasteiger partial charge >= 0.3 is 35.5 Å². The fourth-order valence-electron chi connectivity index (χ4n) is 2.75. The summed E-state index contributed by atoms with van der Waals surface area (Å²) in [6, 6.07) is 7.37. The van der Waals surface area contributed by atoms with Gasteiger partial charge in [-0.2, -0.15) is 0 Å². The van der Waals surface area contributed by atoms with E-state index in [0.717, 1.165) is 18.4 Å². The van der Waals surface area contributed by atoms with E-state index in [1.54, 1.807) is 12.1 Å². The molecule has 22 heavy (non-hydrogen) atoms. The molecule has 0 saturated carbocycles. The van der Waals surface area contributed by atoms with Crippen LogP contribution in [0.4, 0.5) is 0 Å². The van der Waals surface area contributed by atoms with Gasteiger partial charge in [0.05, 0.1) is 5.56 Å². The van der Waals surface area contributed by atoms with Crippen molar-refractivity contribution in [3.8, 4) is 0 Å². The van der Waals surface area contributed by atoms with Crippen LogP contribution in [0.1, 0.15) is 87.1 Å². The van der Waals surface area contributed by atoms with Crippen molar-refractivity contribution in [2.24, 2.45) is 0 Å². The van der Waals surface area contributed by atoms with E-state index in [9.17, 15) is 4.79 Å². The third-order valence-electron chi connectivity index (χ3n) is 4.05. The van der Waals surface area contributed by atoms with Crippen molar-refractivity contribution in [1.29, 1.82) is 0 Å². The van der Waals surface area contributed by atoms with Crippen LogP contribution in [0, 0.1) is 0 Å². The van der Waals surface area contributed by atoms with Crippen LogP contribution in [0.3, 0.4) is 0 Å². The van der Waals surface area contributed by atoms with Gasteiger partial charge in [-0.05, 0) is 24.5 Å². The van der Waals surface area contributed by atoms with E-state index >= 15 is 0 Å². The van der Waals surface area contributed by atoms with E-state index in [2.05, 4.69) is 6.92 Å². The van der Waals surface area contributed by atoms with E-state index in [1.807, 2.05) is 12.1 Å². The van der Waals surface area contributed by atoms with Crippen molar-refractivity contribution < 1.29 is 9.90 Å². The summed E-state index contributed by atoms with van der Waals surface area (Å²) in [5.41, 5.74) is 1.44. The molecule has 3 heteroatoms. The van der Waals surface area contributed by atoms with Crippen LogP contribution in [0.2, 0.25) is 0 Å². The maximum atomic E-state index is 11.1. The van der Waals surface area contributed by atoms with Crippen LogP contribution in [0.15, 0.2) is 24.3 Å². The van der Waals surface area contributed by atoms with Crippen LogP contribution in [0.25, 0.3) is 0 Å². The molecule has 0 fully saturated rings. The molecule has 1 aromatic rings. The number of hydrogen-bond acceptors (Lipinski definition) is 1. The summed E-state index contributed by atoms with van der Waals surface area (Å²) in [6.07, 6.45) is 14.0. The van der Waals surface area contributed by atoms with Gasteiger partial charge in [0.15, 0.2) is 0 Å². The van der Waals surface area contributed by atoms with Crippen molar-refractivity contribution in [3.63, 3.8) is 0 Å². The number of benzene rings is 1. The fraction of sp³-hybridized carbons (Fsp3) is 0.632. The first-order chi connectivity index (χ1) is 10.3. The number of carboxylic acids is 1. The molecule has 2 nitrogen and oxygen atoms in total. The van der Waals surface area contributed by atoms with Crippen LogP contribution in [-0.4, -0.2) is 40.6 Å². The second-order valence-corrected chi connectivity index (χ2v) is 5.89. The molecule has 0 unspecified atom stereocenters. The zero-order chi connectivity index (χ0) is 15.3. The minimum atomic E-state index is -0.808. The Morgan fingerprint density at radius 3 is 1.91 bits per heavy atom. The van der Waals surface area contributed by atoms with E-state index in [1.165, 1.54) is 57.8 Å². The standard InChI is InChI=1S/C19H30O2.Na.H/c1-2-3-4-5-6-7-8-9-10-11-14-17-15-12-13-16-18(17)19(20)21;;/h12-13,15-16H,2-11,14H2,1H3,(H,20,21);;. The van der Waals surface area contributed by atoms with Gasteiger partial charge in [0, 0.05) is 0 Å². The third-order valence-corrected chi connectivity index (χ3v) is 4.05. The summed E-state index contributed by atoms with van der Waals surface area (Å²) in [4.78, 5) is 11.1. The molecule has 0 amide bonds. The molecule has 0 aromatic heterocycles. The van der Waals surface area contributed by atoms with Crippen molar-refractivity contribution in [3.05, 3.63) is 35.4 Å². The van der Waals surface area contributed by atoms with E-state index in [0.29, 0.717) is 5.56 Å². The summed E-state index contributed by atoms with van der Waals surface area (Å²) >= 11 is 0. The summed E-state index contributed by atoms with van der Waals surface area (Å²) < 4.78 is 0. The zero-order valence-corrected chi connectivity index (χ0v) is 13.4. The zero-order valence-electron chi connectivity index (χ0n) is 13.4. The number of carbonyl (C=O) groups is 1. The Balaban J connectivity index is 0.00000441. The van der Waals surface area contributed by atoms with Gasteiger partial charge in [-0.3, -0.25) is 0 Å². The second kappa shape index (κ2) is 14.3. The summed E-state index contributed by atoms with van der Waals surface area (Å²) in [6.45, 7) is 2.25. The molecule has 0 aliphatic heterocycles. The van der Waals surface area contributed by atoms with Crippen LogP contribution < -0.4 is 0 Å². The van der Waals surface area contributed by atoms with Gasteiger partial charge < -0.3 is 5.11 Å². The number of unbranched alkanes of at least 4 members (excludes halogenated alkanes) is 9. The topological polar surface area (TPSA) is 37.3 Å². The van der Waals surface area contributed by atoms with E-state index in [4.69, 9.17) is 5.11 Å². The summed E-state index contributed by atoms with van der Waals surface area (Å²) in [5, 5.41) is 9.13. The number of rotatable bonds is 12. The molecule has 120 valence electrons. The molecule has 1 N–H and O–H groups in total. The minimum absolute atomic E-state index is 0. The van der Waals surface area contributed by atoms with Gasteiger partial charge in [0.25, 0.3) is 0 Å². The average Bonchev–Trinajstić information content (AvgIpc) is 2.49. The SMILES string of the molecule is CCCCCCCCCCCCc1ccccc1C(=O)O.[NaH]. The van der Waals surface area contributed by atoms with Crippen LogP contribution in [-0.2, 0) is 6.42 Å². The molecule has 0 saturated heterocycles. The molecular weight excluding hydrogens is 283 g/mol. The van der Waals surface area contributed by atoms with Crippen LogP contribution >= 0.6 is 0 Å². The molecule has 0 radical (unpaired) electrons. The first kappa shape index (κ1) is 21.7. The average molecular weight is 314 g/mol. The molecule has 0 heterocycles. The second-order valence-electron chi connectivity index (χ2n) is 5.89. The molecule has 1 aromatic carbocycles. The number of aryl methyl sites for hydroxylation is 1. The van der Waals surface area contributed by atoms with Crippen molar-refractivity contribution >= 4 is 35.5 Å². The molecule has 0 bridgehead atoms. The number of hydrogen-bond donors (Lipinski definition) is 1. The first-order valence-corrected chi connectivity index (χ1v) is 8.57. The van der Waals surface area contributed by atoms with E-state index in [-0.39, 0.29) is 29.6 Å². The molecule has 0 spiro atoms. The Morgan fingerprint density at radius 2 is 1.36 bits per heavy atom. The Kier molecular flexibility index (Phi) is 14.1. The van der Waals surface area contributed by atoms with Gasteiger partial charge in [-0.1, -0.05) is 82.9 Å². The fourth-order valence-corrected chi connectivity index (χ4v) is 2.75. The van der Waals surface area contributed by atoms with Gasteiger partial charge in [0.1, 0.15) is 0 Å². The number of aromatic carboxylic acids is 1. The Hall–Kier alpha value is -0.310. The Bertz CT molecular complexity index is 404. The summed E-state index contributed by atoms with van der Waals surface area (Å²) in [7, 11) is 0. The quantitative estimate of drug-likeness (QED) is 0.425. The van der Waals surface area contributed by atoms with E-state index < -0.39 is 5.97 Å². The van der Waals surface area contributed by atoms with Gasteiger partial charge in [0.2, 0.25) is 0 Å². The third kappa shape index (κ3) is 9.66. The molecule has 0 atom stereocenters. The molecule has 1 rings (SSSR count). The predicted molar refractivity (Wildman–Crippen MR) is 96.1 cm³/mol. The molecule has 0 aliphatic rings. The predicted octanol–water partition coefficient (Wildman–Crippen LogP) is 5.20. The first-order valence-electron chi connectivity index (χ1n) is 8.57. The van der Waals surface area contributed by atoms with Crippen molar-refractivity contribution in [2.75, 3.05) is 0 Å². The summed E-state index contributed by atoms with van der Waals surface area (Å²) in [5.74, 6) is -0.808. The van der Waals surface area contributed by atoms with Gasteiger partial charge in [-0.15, -0.1) is 0 Å². The molecule has 0 aliphatic carbocycles. The molecular formula is C19H31NaO2. The maximum absolute atomic E-state index is 11.1. The van der Waals surface area contributed by atoms with Crippen LogP contribution in [0.5, 0.6) is 0 Å². The van der Waals surface area contributed by atoms with Crippen molar-refractivity contribution in [1.82, 2.24) is 0 Å².